The molecule has 1 amide bonds. The Labute approximate surface area is 209 Å². The van der Waals surface area contributed by atoms with Crippen LogP contribution in [-0.4, -0.2) is 54.5 Å². The Kier molecular flexibility index (Phi) is 10.5. The first-order valence-corrected chi connectivity index (χ1v) is 12.8. The van der Waals surface area contributed by atoms with Gasteiger partial charge in [0, 0.05) is 50.0 Å². The van der Waals surface area contributed by atoms with E-state index in [1.807, 2.05) is 6.92 Å². The molecule has 3 N–H and O–H groups in total. The average molecular weight is 484 g/mol. The average Bonchev–Trinajstić information content (AvgIpc) is 2.82. The minimum atomic E-state index is -0.732. The van der Waals surface area contributed by atoms with Crippen LogP contribution in [0.3, 0.4) is 0 Å². The third kappa shape index (κ3) is 8.91. The van der Waals surface area contributed by atoms with Crippen molar-refractivity contribution < 1.29 is 19.4 Å². The van der Waals surface area contributed by atoms with Crippen molar-refractivity contribution in [2.75, 3.05) is 26.4 Å². The second-order valence-electron chi connectivity index (χ2n) is 9.96. The smallest absolute Gasteiger partial charge is 0.251 e. The topological polar surface area (TPSA) is 92.7 Å². The molecule has 3 rings (SSSR count). The lowest BCUT2D eigenvalue weighted by Crippen LogP contribution is -2.48. The summed E-state index contributed by atoms with van der Waals surface area (Å²) in [5, 5.41) is 17.5. The van der Waals surface area contributed by atoms with Gasteiger partial charge in [-0.1, -0.05) is 45.0 Å². The Morgan fingerprint density at radius 1 is 1.20 bits per heavy atom. The van der Waals surface area contributed by atoms with E-state index in [1.54, 1.807) is 12.1 Å². The summed E-state index contributed by atoms with van der Waals surface area (Å²) in [6.07, 6.45) is 1.56. The van der Waals surface area contributed by atoms with Crippen LogP contribution in [0.1, 0.15) is 73.1 Å². The zero-order valence-electron chi connectivity index (χ0n) is 21.5. The lowest BCUT2D eigenvalue weighted by molar-refractivity contribution is 0.0760. The lowest BCUT2D eigenvalue weighted by atomic mass is 9.94. The fourth-order valence-corrected chi connectivity index (χ4v) is 4.25. The van der Waals surface area contributed by atoms with Crippen LogP contribution in [0.4, 0.5) is 0 Å². The summed E-state index contributed by atoms with van der Waals surface area (Å²) in [6.45, 7) is 11.1. The predicted molar refractivity (Wildman–Crippen MR) is 138 cm³/mol. The van der Waals surface area contributed by atoms with Gasteiger partial charge in [0.1, 0.15) is 0 Å². The first-order valence-electron chi connectivity index (χ1n) is 12.8. The number of nitrogens with zero attached hydrogens (tertiary/aromatic N) is 1. The number of aliphatic hydroxyl groups excluding tert-OH is 1. The van der Waals surface area contributed by atoms with E-state index in [4.69, 9.17) is 9.47 Å². The van der Waals surface area contributed by atoms with Crippen LogP contribution >= 0.6 is 0 Å². The third-order valence-corrected chi connectivity index (χ3v) is 6.37. The van der Waals surface area contributed by atoms with Gasteiger partial charge in [-0.05, 0) is 48.8 Å². The van der Waals surface area contributed by atoms with Gasteiger partial charge in [0.2, 0.25) is 5.88 Å². The molecule has 0 saturated heterocycles. The number of carbonyl (C=O) groups excluding carboxylic acids is 1. The van der Waals surface area contributed by atoms with Gasteiger partial charge in [-0.3, -0.25) is 4.79 Å². The molecule has 7 heteroatoms. The third-order valence-electron chi connectivity index (χ3n) is 6.37. The molecule has 35 heavy (non-hydrogen) atoms. The molecule has 3 atom stereocenters. The molecule has 7 nitrogen and oxygen atoms in total. The first-order chi connectivity index (χ1) is 16.8. The van der Waals surface area contributed by atoms with Crippen molar-refractivity contribution in [2.45, 2.75) is 71.6 Å². The van der Waals surface area contributed by atoms with Gasteiger partial charge in [0.05, 0.1) is 18.8 Å². The number of hydrogen-bond acceptors (Lipinski definition) is 6. The number of pyridine rings is 1. The summed E-state index contributed by atoms with van der Waals surface area (Å²) >= 11 is 0. The number of amides is 1. The molecule has 0 fully saturated rings. The van der Waals surface area contributed by atoms with Gasteiger partial charge >= 0.3 is 0 Å². The summed E-state index contributed by atoms with van der Waals surface area (Å²) in [4.78, 5) is 17.5. The number of rotatable bonds is 6. The highest BCUT2D eigenvalue weighted by Gasteiger charge is 2.24. The molecular formula is C28H41N3O4. The molecule has 2 heterocycles. The quantitative estimate of drug-likeness (QED) is 0.576. The molecule has 0 saturated carbocycles. The fraction of sp³-hybridized carbons (Fsp3) is 0.571. The molecule has 0 radical (unpaired) electrons. The number of fused-ring (bicyclic) bond motifs is 2. The Morgan fingerprint density at radius 2 is 2.03 bits per heavy atom. The summed E-state index contributed by atoms with van der Waals surface area (Å²) in [5.74, 6) is 0.958. The summed E-state index contributed by atoms with van der Waals surface area (Å²) in [5.41, 5.74) is 3.68. The second-order valence-corrected chi connectivity index (χ2v) is 9.96. The number of aromatic nitrogens is 1. The van der Waals surface area contributed by atoms with Crippen LogP contribution in [0, 0.1) is 12.8 Å². The molecule has 2 aromatic rings. The number of hydrogen-bond donors (Lipinski definition) is 3. The summed E-state index contributed by atoms with van der Waals surface area (Å²) < 4.78 is 11.5. The fourth-order valence-electron chi connectivity index (χ4n) is 4.25. The maximum atomic E-state index is 13.1. The van der Waals surface area contributed by atoms with Crippen LogP contribution in [0.15, 0.2) is 36.4 Å². The lowest BCUT2D eigenvalue weighted by Gasteiger charge is -2.27. The number of aliphatic hydroxyl groups is 1. The van der Waals surface area contributed by atoms with E-state index in [1.165, 1.54) is 11.1 Å². The minimum Gasteiger partial charge on any atom is -0.478 e. The molecule has 1 aliphatic heterocycles. The van der Waals surface area contributed by atoms with E-state index in [9.17, 15) is 9.90 Å². The van der Waals surface area contributed by atoms with Crippen LogP contribution in [0.25, 0.3) is 0 Å². The number of aryl methyl sites for hydroxylation is 1. The SMILES string of the molecule is Cc1cc2cc(n1)OCCCOCC[C@@H](C)C[C@@H]([C@H](O)CNCc1cccc(C(C)C)c1)NC2=O. The highest BCUT2D eigenvalue weighted by atomic mass is 16.5. The van der Waals surface area contributed by atoms with Gasteiger partial charge in [-0.2, -0.15) is 0 Å². The number of carbonyl (C=O) groups is 1. The molecule has 0 aliphatic carbocycles. The maximum Gasteiger partial charge on any atom is 0.251 e. The summed E-state index contributed by atoms with van der Waals surface area (Å²) in [7, 11) is 0. The van der Waals surface area contributed by atoms with E-state index < -0.39 is 12.1 Å². The molecule has 2 bridgehead atoms. The Hall–Kier alpha value is -2.48. The van der Waals surface area contributed by atoms with Crippen molar-refractivity contribution >= 4 is 5.91 Å². The van der Waals surface area contributed by atoms with Crippen molar-refractivity contribution in [1.29, 1.82) is 0 Å². The van der Waals surface area contributed by atoms with Gasteiger partial charge in [0.15, 0.2) is 0 Å². The van der Waals surface area contributed by atoms with Crippen LogP contribution in [0.5, 0.6) is 5.88 Å². The van der Waals surface area contributed by atoms with E-state index in [-0.39, 0.29) is 11.8 Å². The molecule has 0 spiro atoms. The normalized spacial score (nSPS) is 20.9. The zero-order chi connectivity index (χ0) is 25.2. The molecular weight excluding hydrogens is 442 g/mol. The van der Waals surface area contributed by atoms with Crippen LogP contribution in [0.2, 0.25) is 0 Å². The van der Waals surface area contributed by atoms with Crippen LogP contribution < -0.4 is 15.4 Å². The molecule has 0 unspecified atom stereocenters. The van der Waals surface area contributed by atoms with Gasteiger partial charge in [-0.15, -0.1) is 0 Å². The van der Waals surface area contributed by atoms with Gasteiger partial charge < -0.3 is 25.2 Å². The van der Waals surface area contributed by atoms with E-state index in [0.29, 0.717) is 62.4 Å². The Balaban J connectivity index is 1.68. The van der Waals surface area contributed by atoms with E-state index >= 15 is 0 Å². The van der Waals surface area contributed by atoms with Crippen LogP contribution in [-0.2, 0) is 11.3 Å². The Bertz CT molecular complexity index is 950. The van der Waals surface area contributed by atoms with Gasteiger partial charge in [0.25, 0.3) is 5.91 Å². The molecule has 1 aromatic carbocycles. The van der Waals surface area contributed by atoms with Crippen molar-refractivity contribution in [2.24, 2.45) is 5.92 Å². The molecule has 1 aliphatic rings. The van der Waals surface area contributed by atoms with E-state index in [0.717, 1.165) is 12.8 Å². The maximum absolute atomic E-state index is 13.1. The van der Waals surface area contributed by atoms with Crippen molar-refractivity contribution in [1.82, 2.24) is 15.6 Å². The summed E-state index contributed by atoms with van der Waals surface area (Å²) in [6, 6.07) is 11.5. The standard InChI is InChI=1S/C28H41N3O4/c1-19(2)23-8-5-7-22(15-23)17-29-18-26(32)25-13-20(3)9-12-34-10-6-11-35-27-16-24(28(33)31-25)14-21(4)30-27/h5,7-8,14-16,19-20,25-26,29,32H,6,9-13,17-18H2,1-4H3,(H,31,33)/t20-,25+,26-/m1/s1. The number of nitrogens with one attached hydrogen (secondary N) is 2. The van der Waals surface area contributed by atoms with Gasteiger partial charge in [-0.25, -0.2) is 4.98 Å². The van der Waals surface area contributed by atoms with Crippen molar-refractivity contribution in [3.8, 4) is 5.88 Å². The monoisotopic (exact) mass is 483 g/mol. The Morgan fingerprint density at radius 3 is 2.83 bits per heavy atom. The largest absolute Gasteiger partial charge is 0.478 e. The molecule has 1 aromatic heterocycles. The number of ether oxygens (including phenoxy) is 2. The van der Waals surface area contributed by atoms with Crippen molar-refractivity contribution in [3.63, 3.8) is 0 Å². The minimum absolute atomic E-state index is 0.229. The van der Waals surface area contributed by atoms with E-state index in [2.05, 4.69) is 60.7 Å². The highest BCUT2D eigenvalue weighted by molar-refractivity contribution is 5.94. The second kappa shape index (κ2) is 13.6. The molecule has 192 valence electrons. The predicted octanol–water partition coefficient (Wildman–Crippen LogP) is 3.98. The number of benzene rings is 1. The zero-order valence-corrected chi connectivity index (χ0v) is 21.5. The first kappa shape index (κ1) is 27.1. The van der Waals surface area contributed by atoms with Crippen molar-refractivity contribution in [3.05, 3.63) is 58.8 Å². The highest BCUT2D eigenvalue weighted by Crippen LogP contribution is 2.18.